The Morgan fingerprint density at radius 1 is 0.904 bits per heavy atom. The first-order chi connectivity index (χ1) is 25.2. The minimum Gasteiger partial charge on any atom is -0.410 e. The molecule has 0 bridgehead atoms. The Morgan fingerprint density at radius 3 is 2.38 bits per heavy atom. The van der Waals surface area contributed by atoms with Gasteiger partial charge in [0.2, 0.25) is 11.8 Å². The van der Waals surface area contributed by atoms with Crippen LogP contribution in [-0.2, 0) is 29.1 Å². The predicted octanol–water partition coefficient (Wildman–Crippen LogP) is 3.67. The van der Waals surface area contributed by atoms with Crippen LogP contribution >= 0.6 is 0 Å². The molecule has 6 rings (SSSR count). The zero-order valence-electron chi connectivity index (χ0n) is 29.4. The first-order valence-corrected chi connectivity index (χ1v) is 17.3. The minimum absolute atomic E-state index is 0.0651. The van der Waals surface area contributed by atoms with E-state index in [2.05, 4.69) is 16.6 Å². The Morgan fingerprint density at radius 2 is 1.63 bits per heavy atom. The topological polar surface area (TPSA) is 118 Å². The molecule has 0 radical (unpaired) electrons. The maximum atomic E-state index is 14.4. The number of hydrazine groups is 1. The van der Waals surface area contributed by atoms with Crippen molar-refractivity contribution in [3.05, 3.63) is 114 Å². The number of ether oxygens (including phenoxy) is 1. The molecule has 52 heavy (non-hydrogen) atoms. The number of hydrogen-bond acceptors (Lipinski definition) is 7. The maximum absolute atomic E-state index is 14.4. The summed E-state index contributed by atoms with van der Waals surface area (Å²) in [5.41, 5.74) is 2.67. The Labute approximate surface area is 303 Å². The molecular weight excluding hydrogens is 658 g/mol. The highest BCUT2D eigenvalue weighted by Gasteiger charge is 2.52. The van der Waals surface area contributed by atoms with Gasteiger partial charge in [0.05, 0.1) is 19.6 Å². The van der Waals surface area contributed by atoms with E-state index in [0.717, 1.165) is 27.5 Å². The van der Waals surface area contributed by atoms with Crippen molar-refractivity contribution in [2.24, 2.45) is 0 Å². The summed E-state index contributed by atoms with van der Waals surface area (Å²) in [6.45, 7) is 1.70. The minimum atomic E-state index is -0.854. The van der Waals surface area contributed by atoms with Gasteiger partial charge in [-0.2, -0.15) is 5.01 Å². The summed E-state index contributed by atoms with van der Waals surface area (Å²) in [6, 6.07) is 29.2. The lowest BCUT2D eigenvalue weighted by molar-refractivity contribution is -0.157. The van der Waals surface area contributed by atoms with Gasteiger partial charge in [-0.3, -0.25) is 9.59 Å². The van der Waals surface area contributed by atoms with Gasteiger partial charge in [0.15, 0.2) is 0 Å². The highest BCUT2D eigenvalue weighted by atomic mass is 16.6. The van der Waals surface area contributed by atoms with E-state index in [1.54, 1.807) is 39.1 Å². The molecule has 2 aliphatic heterocycles. The standard InChI is InChI=1S/C40H43N7O5/c1-4-22-45(39(50)42-25-30-11-6-5-7-12-30)46-28-37(48)47-35(24-29-17-19-33(20-18-29)52-40(51)41-21-23-43(2)3)38(49)44(27-36(46)47)26-32-15-10-14-31-13-8-9-16-34(31)32/h1,5-20,35-36H,21-28H2,2-3H3,(H,41,51)(H,42,50)/t35-,36+/m0/s1. The quantitative estimate of drug-likeness (QED) is 0.217. The fourth-order valence-electron chi connectivity index (χ4n) is 6.70. The predicted molar refractivity (Wildman–Crippen MR) is 197 cm³/mol. The second-order valence-electron chi connectivity index (χ2n) is 13.1. The zero-order valence-corrected chi connectivity index (χ0v) is 29.4. The van der Waals surface area contributed by atoms with Crippen LogP contribution in [0.25, 0.3) is 10.8 Å². The van der Waals surface area contributed by atoms with E-state index < -0.39 is 24.3 Å². The van der Waals surface area contributed by atoms with Gasteiger partial charge in [0.1, 0.15) is 18.0 Å². The lowest BCUT2D eigenvalue weighted by Crippen LogP contribution is -2.66. The normalized spacial score (nSPS) is 17.2. The Hall–Kier alpha value is -5.90. The van der Waals surface area contributed by atoms with Crippen molar-refractivity contribution in [1.82, 2.24) is 35.4 Å². The van der Waals surface area contributed by atoms with E-state index >= 15 is 0 Å². The number of carbonyl (C=O) groups excluding carboxylic acids is 4. The van der Waals surface area contributed by atoms with Gasteiger partial charge in [-0.05, 0) is 53.7 Å². The summed E-state index contributed by atoms with van der Waals surface area (Å²) in [5, 5.41) is 10.8. The molecule has 12 nitrogen and oxygen atoms in total. The molecule has 4 aromatic rings. The second-order valence-corrected chi connectivity index (χ2v) is 13.1. The van der Waals surface area contributed by atoms with Gasteiger partial charge in [-0.25, -0.2) is 14.6 Å². The summed E-state index contributed by atoms with van der Waals surface area (Å²) in [6.07, 6.45) is 4.77. The summed E-state index contributed by atoms with van der Waals surface area (Å²) >= 11 is 0. The number of nitrogens with zero attached hydrogens (tertiary/aromatic N) is 5. The summed E-state index contributed by atoms with van der Waals surface area (Å²) in [4.78, 5) is 59.5. The number of benzene rings is 4. The average molecular weight is 702 g/mol. The van der Waals surface area contributed by atoms with E-state index in [1.165, 1.54) is 5.01 Å². The molecule has 268 valence electrons. The molecule has 5 amide bonds. The van der Waals surface area contributed by atoms with Crippen molar-refractivity contribution in [3.63, 3.8) is 0 Å². The first-order valence-electron chi connectivity index (χ1n) is 17.3. The van der Waals surface area contributed by atoms with Crippen LogP contribution in [0.3, 0.4) is 0 Å². The third-order valence-corrected chi connectivity index (χ3v) is 9.27. The van der Waals surface area contributed by atoms with Crippen LogP contribution in [-0.4, -0.2) is 108 Å². The Balaban J connectivity index is 1.26. The number of nitrogens with one attached hydrogen (secondary N) is 2. The molecule has 4 aromatic carbocycles. The fraction of sp³-hybridized carbons (Fsp3) is 0.300. The van der Waals surface area contributed by atoms with Crippen LogP contribution in [0.1, 0.15) is 16.7 Å². The summed E-state index contributed by atoms with van der Waals surface area (Å²) < 4.78 is 5.43. The summed E-state index contributed by atoms with van der Waals surface area (Å²) in [7, 11) is 3.83. The molecule has 0 aromatic heterocycles. The van der Waals surface area contributed by atoms with E-state index in [1.807, 2.05) is 91.8 Å². The van der Waals surface area contributed by atoms with Gasteiger partial charge >= 0.3 is 12.1 Å². The lowest BCUT2D eigenvalue weighted by atomic mass is 9.99. The van der Waals surface area contributed by atoms with Crippen molar-refractivity contribution in [1.29, 1.82) is 0 Å². The SMILES string of the molecule is C#CCN(C(=O)NCc1ccccc1)N1CC(=O)N2[C@@H](Cc3ccc(OC(=O)NCCN(C)C)cc3)C(=O)N(Cc3cccc4ccccc34)C[C@@H]21. The number of amides is 5. The van der Waals surface area contributed by atoms with Gasteiger partial charge < -0.3 is 30.1 Å². The fourth-order valence-corrected chi connectivity index (χ4v) is 6.70. The highest BCUT2D eigenvalue weighted by molar-refractivity contribution is 5.92. The van der Waals surface area contributed by atoms with Crippen molar-refractivity contribution >= 4 is 34.7 Å². The smallest absolute Gasteiger partial charge is 0.410 e. The number of hydrogen-bond donors (Lipinski definition) is 2. The molecule has 2 N–H and O–H groups in total. The molecule has 2 saturated heterocycles. The number of carbonyl (C=O) groups is 4. The van der Waals surface area contributed by atoms with Crippen LogP contribution in [0.15, 0.2) is 97.1 Å². The largest absolute Gasteiger partial charge is 0.412 e. The van der Waals surface area contributed by atoms with Crippen molar-refractivity contribution in [2.45, 2.75) is 31.7 Å². The third-order valence-electron chi connectivity index (χ3n) is 9.27. The number of rotatable bonds is 12. The molecule has 12 heteroatoms. The summed E-state index contributed by atoms with van der Waals surface area (Å²) in [5.74, 6) is 2.45. The highest BCUT2D eigenvalue weighted by Crippen LogP contribution is 2.31. The Bertz CT molecular complexity index is 1940. The maximum Gasteiger partial charge on any atom is 0.412 e. The van der Waals surface area contributed by atoms with E-state index in [4.69, 9.17) is 11.2 Å². The van der Waals surface area contributed by atoms with E-state index in [0.29, 0.717) is 25.4 Å². The van der Waals surface area contributed by atoms with Crippen LogP contribution in [0.4, 0.5) is 9.59 Å². The monoisotopic (exact) mass is 701 g/mol. The first kappa shape index (κ1) is 35.9. The number of likely N-dealkylation sites (N-methyl/N-ethyl adjacent to an activating group) is 1. The van der Waals surface area contributed by atoms with Crippen molar-refractivity contribution in [2.75, 3.05) is 46.8 Å². The molecule has 2 heterocycles. The van der Waals surface area contributed by atoms with Gasteiger partial charge in [0.25, 0.3) is 0 Å². The van der Waals surface area contributed by atoms with E-state index in [9.17, 15) is 19.2 Å². The number of urea groups is 1. The van der Waals surface area contributed by atoms with Crippen LogP contribution in [0.2, 0.25) is 0 Å². The molecule has 2 fully saturated rings. The van der Waals surface area contributed by atoms with Crippen molar-refractivity contribution < 1.29 is 23.9 Å². The molecule has 2 atom stereocenters. The van der Waals surface area contributed by atoms with Gasteiger partial charge in [-0.1, -0.05) is 90.8 Å². The number of terminal acetylenes is 1. The molecule has 2 aliphatic rings. The second kappa shape index (κ2) is 16.4. The average Bonchev–Trinajstić information content (AvgIpc) is 3.47. The van der Waals surface area contributed by atoms with Crippen LogP contribution in [0, 0.1) is 12.3 Å². The van der Waals surface area contributed by atoms with Gasteiger partial charge in [0, 0.05) is 32.6 Å². The van der Waals surface area contributed by atoms with Gasteiger partial charge in [-0.15, -0.1) is 6.42 Å². The lowest BCUT2D eigenvalue weighted by Gasteiger charge is -2.46. The van der Waals surface area contributed by atoms with Crippen LogP contribution in [0.5, 0.6) is 5.75 Å². The molecular formula is C40H43N7O5. The van der Waals surface area contributed by atoms with E-state index in [-0.39, 0.29) is 44.4 Å². The molecule has 0 saturated carbocycles. The third kappa shape index (κ3) is 8.34. The number of fused-ring (bicyclic) bond motifs is 2. The molecule has 0 spiro atoms. The van der Waals surface area contributed by atoms with Crippen LogP contribution < -0.4 is 15.4 Å². The zero-order chi connectivity index (χ0) is 36.6. The molecule has 0 unspecified atom stereocenters. The van der Waals surface area contributed by atoms with Crippen molar-refractivity contribution in [3.8, 4) is 18.1 Å². The number of piperazine rings is 1. The molecule has 0 aliphatic carbocycles. The Kier molecular flexibility index (Phi) is 11.3.